The highest BCUT2D eigenvalue weighted by atomic mass is 35.5. The summed E-state index contributed by atoms with van der Waals surface area (Å²) >= 11 is 12.2. The highest BCUT2D eigenvalue weighted by Crippen LogP contribution is 2.45. The maximum absolute atomic E-state index is 14.7. The lowest BCUT2D eigenvalue weighted by Gasteiger charge is -2.29. The molecule has 0 unspecified atom stereocenters. The molecule has 1 amide bonds. The first-order valence-corrected chi connectivity index (χ1v) is 12.3. The Labute approximate surface area is 211 Å². The van der Waals surface area contributed by atoms with E-state index >= 15 is 0 Å². The molecule has 0 aliphatic heterocycles. The number of fused-ring (bicyclic) bond motifs is 1. The van der Waals surface area contributed by atoms with Gasteiger partial charge < -0.3 is 21.5 Å². The third kappa shape index (κ3) is 4.87. The first kappa shape index (κ1) is 24.0. The molecular formula is C23H26Cl2FN7O2. The van der Waals surface area contributed by atoms with E-state index in [9.17, 15) is 14.3 Å². The quantitative estimate of drug-likeness (QED) is 0.345. The van der Waals surface area contributed by atoms with Crippen molar-refractivity contribution >= 4 is 57.9 Å². The number of halogens is 3. The van der Waals surface area contributed by atoms with E-state index < -0.39 is 5.82 Å². The summed E-state index contributed by atoms with van der Waals surface area (Å²) in [5, 5.41) is 16.2. The van der Waals surface area contributed by atoms with Crippen molar-refractivity contribution in [2.24, 2.45) is 17.1 Å². The summed E-state index contributed by atoms with van der Waals surface area (Å²) in [6.45, 7) is 0.689. The van der Waals surface area contributed by atoms with Crippen LogP contribution in [0.5, 0.6) is 0 Å². The van der Waals surface area contributed by atoms with Crippen molar-refractivity contribution in [3.05, 3.63) is 34.2 Å². The lowest BCUT2D eigenvalue weighted by Crippen LogP contribution is -2.29. The van der Waals surface area contributed by atoms with Gasteiger partial charge in [0.25, 0.3) is 0 Å². The summed E-state index contributed by atoms with van der Waals surface area (Å²) in [5.41, 5.74) is 6.58. The van der Waals surface area contributed by atoms with E-state index in [2.05, 4.69) is 20.6 Å². The zero-order chi connectivity index (χ0) is 24.7. The minimum atomic E-state index is -0.606. The van der Waals surface area contributed by atoms with Crippen LogP contribution >= 0.6 is 23.2 Å². The maximum Gasteiger partial charge on any atom is 0.224 e. The monoisotopic (exact) mass is 521 g/mol. The van der Waals surface area contributed by atoms with Crippen LogP contribution in [0, 0.1) is 17.2 Å². The summed E-state index contributed by atoms with van der Waals surface area (Å²) in [6, 6.07) is 2.59. The van der Waals surface area contributed by atoms with E-state index in [0.29, 0.717) is 55.3 Å². The van der Waals surface area contributed by atoms with Crippen LogP contribution in [-0.2, 0) is 4.79 Å². The number of hydrogen-bond acceptors (Lipinski definition) is 7. The molecule has 0 spiro atoms. The fraction of sp³-hybridized carbons (Fsp3) is 0.478. The standard InChI is InChI=1S/C23H26Cl2FN7O2/c24-13-7-15(25)18(16(26)8-13)31-22-30-17-9-28-21(29-10-23(11-34)5-6-23)32-20(17)33(22)14-3-1-12(2-4-14)19(27)35/h7-9,12,14,34H,1-6,10-11H2,(H2,27,35)(H,30,31)(H,28,29,32). The van der Waals surface area contributed by atoms with E-state index in [1.165, 1.54) is 12.1 Å². The Hall–Kier alpha value is -2.69. The lowest BCUT2D eigenvalue weighted by atomic mass is 9.85. The molecule has 2 aromatic heterocycles. The number of benzene rings is 1. The molecule has 1 aromatic carbocycles. The number of amides is 1. The number of nitrogens with zero attached hydrogens (tertiary/aromatic N) is 4. The topological polar surface area (TPSA) is 131 Å². The van der Waals surface area contributed by atoms with E-state index in [0.717, 1.165) is 12.8 Å². The molecular weight excluding hydrogens is 496 g/mol. The van der Waals surface area contributed by atoms with Crippen LogP contribution in [0.4, 0.5) is 22.0 Å². The molecule has 12 heteroatoms. The van der Waals surface area contributed by atoms with E-state index in [4.69, 9.17) is 33.9 Å². The second-order valence-corrected chi connectivity index (χ2v) is 10.3. The molecule has 9 nitrogen and oxygen atoms in total. The average molecular weight is 522 g/mol. The third-order valence-corrected chi connectivity index (χ3v) is 7.57. The molecule has 0 bridgehead atoms. The normalized spacial score (nSPS) is 21.1. The number of nitrogens with two attached hydrogens (primary N) is 1. The van der Waals surface area contributed by atoms with Crippen LogP contribution in [-0.4, -0.2) is 43.7 Å². The molecule has 186 valence electrons. The summed E-state index contributed by atoms with van der Waals surface area (Å²) in [5.74, 6) is -0.275. The lowest BCUT2D eigenvalue weighted by molar-refractivity contribution is -0.122. The number of primary amides is 1. The Balaban J connectivity index is 1.51. The molecule has 5 N–H and O–H groups in total. The van der Waals surface area contributed by atoms with Gasteiger partial charge in [-0.2, -0.15) is 4.98 Å². The van der Waals surface area contributed by atoms with Crippen molar-refractivity contribution in [1.82, 2.24) is 19.5 Å². The van der Waals surface area contributed by atoms with Crippen molar-refractivity contribution in [1.29, 1.82) is 0 Å². The number of aliphatic hydroxyl groups is 1. The van der Waals surface area contributed by atoms with Gasteiger partial charge in [-0.15, -0.1) is 0 Å². The van der Waals surface area contributed by atoms with Gasteiger partial charge >= 0.3 is 0 Å². The largest absolute Gasteiger partial charge is 0.396 e. The minimum absolute atomic E-state index is 0.0396. The average Bonchev–Trinajstić information content (AvgIpc) is 3.53. The number of carbonyl (C=O) groups excluding carboxylic acids is 1. The maximum atomic E-state index is 14.7. The molecule has 0 radical (unpaired) electrons. The fourth-order valence-electron chi connectivity index (χ4n) is 4.64. The molecule has 2 heterocycles. The van der Waals surface area contributed by atoms with Crippen LogP contribution in [0.1, 0.15) is 44.6 Å². The van der Waals surface area contributed by atoms with Crippen molar-refractivity contribution in [2.75, 3.05) is 23.8 Å². The zero-order valence-electron chi connectivity index (χ0n) is 18.9. The number of aliphatic hydroxyl groups excluding tert-OH is 1. The van der Waals surface area contributed by atoms with Gasteiger partial charge in [0.2, 0.25) is 17.8 Å². The Kier molecular flexibility index (Phi) is 6.45. The van der Waals surface area contributed by atoms with Gasteiger partial charge in [-0.3, -0.25) is 9.36 Å². The van der Waals surface area contributed by atoms with Gasteiger partial charge in [-0.25, -0.2) is 14.4 Å². The predicted molar refractivity (Wildman–Crippen MR) is 132 cm³/mol. The summed E-state index contributed by atoms with van der Waals surface area (Å²) < 4.78 is 16.6. The number of aromatic nitrogens is 4. The van der Waals surface area contributed by atoms with Gasteiger partial charge in [0.15, 0.2) is 5.65 Å². The molecule has 5 rings (SSSR count). The van der Waals surface area contributed by atoms with E-state index in [1.54, 1.807) is 6.20 Å². The fourth-order valence-corrected chi connectivity index (χ4v) is 5.15. The van der Waals surface area contributed by atoms with Gasteiger partial charge in [0.1, 0.15) is 11.3 Å². The number of anilines is 3. The molecule has 35 heavy (non-hydrogen) atoms. The number of hydrogen-bond donors (Lipinski definition) is 4. The van der Waals surface area contributed by atoms with Crippen LogP contribution in [0.25, 0.3) is 11.2 Å². The van der Waals surface area contributed by atoms with Gasteiger partial charge in [-0.05, 0) is 50.7 Å². The predicted octanol–water partition coefficient (Wildman–Crippen LogP) is 4.42. The third-order valence-electron chi connectivity index (χ3n) is 7.05. The van der Waals surface area contributed by atoms with Gasteiger partial charge in [0, 0.05) is 28.9 Å². The number of carbonyl (C=O) groups is 1. The van der Waals surface area contributed by atoms with Crippen molar-refractivity contribution in [2.45, 2.75) is 44.6 Å². The van der Waals surface area contributed by atoms with Crippen LogP contribution in [0.2, 0.25) is 10.0 Å². The Morgan fingerprint density at radius 1 is 1.23 bits per heavy atom. The molecule has 3 aromatic rings. The highest BCUT2D eigenvalue weighted by Gasteiger charge is 2.42. The second-order valence-electron chi connectivity index (χ2n) is 9.50. The second kappa shape index (κ2) is 9.40. The molecule has 0 atom stereocenters. The summed E-state index contributed by atoms with van der Waals surface area (Å²) in [6.07, 6.45) is 6.19. The van der Waals surface area contributed by atoms with Crippen molar-refractivity contribution in [3.63, 3.8) is 0 Å². The van der Waals surface area contributed by atoms with Gasteiger partial charge in [0.05, 0.1) is 23.5 Å². The first-order chi connectivity index (χ1) is 16.8. The molecule has 2 saturated carbocycles. The minimum Gasteiger partial charge on any atom is -0.396 e. The number of imidazole rings is 1. The van der Waals surface area contributed by atoms with Crippen molar-refractivity contribution in [3.8, 4) is 0 Å². The Morgan fingerprint density at radius 2 is 1.97 bits per heavy atom. The molecule has 2 fully saturated rings. The van der Waals surface area contributed by atoms with Gasteiger partial charge in [-0.1, -0.05) is 23.2 Å². The Bertz CT molecular complexity index is 1250. The SMILES string of the molecule is NC(=O)C1CCC(n2c(Nc3c(F)cc(Cl)cc3Cl)nc3cnc(NCC4(CO)CC4)nc32)CC1. The van der Waals surface area contributed by atoms with Crippen LogP contribution in [0.15, 0.2) is 18.3 Å². The number of rotatable bonds is 8. The first-order valence-electron chi connectivity index (χ1n) is 11.6. The van der Waals surface area contributed by atoms with Crippen LogP contribution < -0.4 is 16.4 Å². The van der Waals surface area contributed by atoms with Crippen LogP contribution in [0.3, 0.4) is 0 Å². The highest BCUT2D eigenvalue weighted by molar-refractivity contribution is 6.36. The van der Waals surface area contributed by atoms with Crippen molar-refractivity contribution < 1.29 is 14.3 Å². The smallest absolute Gasteiger partial charge is 0.224 e. The number of nitrogens with one attached hydrogen (secondary N) is 2. The summed E-state index contributed by atoms with van der Waals surface area (Å²) in [7, 11) is 0. The Morgan fingerprint density at radius 3 is 2.60 bits per heavy atom. The van der Waals surface area contributed by atoms with E-state index in [1.807, 2.05) is 4.57 Å². The molecule has 0 saturated heterocycles. The summed E-state index contributed by atoms with van der Waals surface area (Å²) in [4.78, 5) is 25.4. The molecule has 2 aliphatic carbocycles. The zero-order valence-corrected chi connectivity index (χ0v) is 20.4. The van der Waals surface area contributed by atoms with E-state index in [-0.39, 0.29) is 45.6 Å². The molecule has 2 aliphatic rings.